The third kappa shape index (κ3) is 2.19. The van der Waals surface area contributed by atoms with Crippen molar-refractivity contribution in [1.82, 2.24) is 9.78 Å². The minimum absolute atomic E-state index is 0.434. The zero-order valence-electron chi connectivity index (χ0n) is 9.55. The standard InChI is InChI=1S/C12H14N4O/c1-8-10(6-13)7-16(15-8)11-4-2-9(3-5-11)12(14)17/h2-5,7H,6,13H2,1H3,(H2,14,17). The summed E-state index contributed by atoms with van der Waals surface area (Å²) in [7, 11) is 0. The van der Waals surface area contributed by atoms with Gasteiger partial charge >= 0.3 is 0 Å². The number of hydrogen-bond donors (Lipinski definition) is 2. The Balaban J connectivity index is 2.36. The van der Waals surface area contributed by atoms with E-state index in [9.17, 15) is 4.79 Å². The Bertz CT molecular complexity index is 542. The summed E-state index contributed by atoms with van der Waals surface area (Å²) in [5.41, 5.74) is 14.0. The van der Waals surface area contributed by atoms with E-state index in [0.29, 0.717) is 12.1 Å². The summed E-state index contributed by atoms with van der Waals surface area (Å²) in [5, 5.41) is 4.35. The lowest BCUT2D eigenvalue weighted by molar-refractivity contribution is 0.100. The topological polar surface area (TPSA) is 86.9 Å². The van der Waals surface area contributed by atoms with E-state index in [1.54, 1.807) is 28.9 Å². The molecule has 1 aromatic heterocycles. The third-order valence-electron chi connectivity index (χ3n) is 2.64. The summed E-state index contributed by atoms with van der Waals surface area (Å²) in [4.78, 5) is 10.9. The van der Waals surface area contributed by atoms with Crippen LogP contribution in [0.25, 0.3) is 5.69 Å². The Labute approximate surface area is 99.0 Å². The Kier molecular flexibility index (Phi) is 2.93. The molecule has 0 saturated heterocycles. The zero-order valence-corrected chi connectivity index (χ0v) is 9.55. The fraction of sp³-hybridized carbons (Fsp3) is 0.167. The molecule has 0 aliphatic carbocycles. The lowest BCUT2D eigenvalue weighted by Crippen LogP contribution is -2.10. The molecule has 1 amide bonds. The maximum absolute atomic E-state index is 10.9. The van der Waals surface area contributed by atoms with Gasteiger partial charge in [-0.15, -0.1) is 0 Å². The second kappa shape index (κ2) is 4.39. The van der Waals surface area contributed by atoms with Gasteiger partial charge in [-0.05, 0) is 31.2 Å². The monoisotopic (exact) mass is 230 g/mol. The number of nitrogens with zero attached hydrogens (tertiary/aromatic N) is 2. The number of rotatable bonds is 3. The van der Waals surface area contributed by atoms with Gasteiger partial charge < -0.3 is 11.5 Å². The summed E-state index contributed by atoms with van der Waals surface area (Å²) in [6.07, 6.45) is 1.88. The highest BCUT2D eigenvalue weighted by atomic mass is 16.1. The highest BCUT2D eigenvalue weighted by Crippen LogP contribution is 2.12. The van der Waals surface area contributed by atoms with Gasteiger partial charge in [-0.3, -0.25) is 4.79 Å². The van der Waals surface area contributed by atoms with Crippen LogP contribution in [-0.4, -0.2) is 15.7 Å². The molecule has 1 heterocycles. The number of nitrogens with two attached hydrogens (primary N) is 2. The number of hydrogen-bond acceptors (Lipinski definition) is 3. The third-order valence-corrected chi connectivity index (χ3v) is 2.64. The van der Waals surface area contributed by atoms with Gasteiger partial charge in [0.2, 0.25) is 5.91 Å². The van der Waals surface area contributed by atoms with Crippen LogP contribution in [0.3, 0.4) is 0 Å². The van der Waals surface area contributed by atoms with E-state index in [2.05, 4.69) is 5.10 Å². The van der Waals surface area contributed by atoms with Crippen LogP contribution in [0.5, 0.6) is 0 Å². The Hall–Kier alpha value is -2.14. The van der Waals surface area contributed by atoms with Gasteiger partial charge in [0.1, 0.15) is 0 Å². The van der Waals surface area contributed by atoms with E-state index in [1.807, 2.05) is 13.1 Å². The molecule has 0 spiro atoms. The van der Waals surface area contributed by atoms with Crippen molar-refractivity contribution in [3.63, 3.8) is 0 Å². The molecule has 0 aliphatic rings. The van der Waals surface area contributed by atoms with Crippen LogP contribution in [0.4, 0.5) is 0 Å². The molecule has 1 aromatic carbocycles. The summed E-state index contributed by atoms with van der Waals surface area (Å²) < 4.78 is 1.74. The first-order valence-corrected chi connectivity index (χ1v) is 5.27. The number of primary amides is 1. The molecule has 88 valence electrons. The molecule has 5 nitrogen and oxygen atoms in total. The van der Waals surface area contributed by atoms with E-state index >= 15 is 0 Å². The number of aryl methyl sites for hydroxylation is 1. The molecule has 2 aromatic rings. The molecule has 17 heavy (non-hydrogen) atoms. The fourth-order valence-electron chi connectivity index (χ4n) is 1.61. The molecule has 0 saturated carbocycles. The van der Waals surface area contributed by atoms with Crippen LogP contribution in [0.1, 0.15) is 21.6 Å². The predicted octanol–water partition coefficient (Wildman–Crippen LogP) is 0.738. The maximum atomic E-state index is 10.9. The molecule has 0 fully saturated rings. The number of amides is 1. The average Bonchev–Trinajstić information content (AvgIpc) is 2.70. The van der Waals surface area contributed by atoms with Gasteiger partial charge in [0.05, 0.1) is 11.4 Å². The Morgan fingerprint density at radius 1 is 1.35 bits per heavy atom. The Morgan fingerprint density at radius 3 is 2.47 bits per heavy atom. The van der Waals surface area contributed by atoms with Crippen LogP contribution in [0.15, 0.2) is 30.5 Å². The van der Waals surface area contributed by atoms with E-state index in [1.165, 1.54) is 0 Å². The lowest BCUT2D eigenvalue weighted by atomic mass is 10.2. The van der Waals surface area contributed by atoms with Crippen LogP contribution in [0, 0.1) is 6.92 Å². The lowest BCUT2D eigenvalue weighted by Gasteiger charge is -2.01. The minimum Gasteiger partial charge on any atom is -0.366 e. The van der Waals surface area contributed by atoms with E-state index in [-0.39, 0.29) is 0 Å². The SMILES string of the molecule is Cc1nn(-c2ccc(C(N)=O)cc2)cc1CN. The zero-order chi connectivity index (χ0) is 12.4. The molecule has 0 atom stereocenters. The molecule has 0 aliphatic heterocycles. The average molecular weight is 230 g/mol. The van der Waals surface area contributed by atoms with Crippen LogP contribution in [-0.2, 0) is 6.54 Å². The summed E-state index contributed by atoms with van der Waals surface area (Å²) in [6, 6.07) is 6.95. The van der Waals surface area contributed by atoms with Gasteiger partial charge in [0.15, 0.2) is 0 Å². The quantitative estimate of drug-likeness (QED) is 0.815. The number of aromatic nitrogens is 2. The van der Waals surface area contributed by atoms with Gasteiger partial charge in [-0.25, -0.2) is 4.68 Å². The number of carbonyl (C=O) groups excluding carboxylic acids is 1. The molecule has 0 bridgehead atoms. The van der Waals surface area contributed by atoms with Crippen molar-refractivity contribution in [2.45, 2.75) is 13.5 Å². The maximum Gasteiger partial charge on any atom is 0.248 e. The highest BCUT2D eigenvalue weighted by Gasteiger charge is 2.05. The largest absolute Gasteiger partial charge is 0.366 e. The van der Waals surface area contributed by atoms with E-state index < -0.39 is 5.91 Å². The summed E-state index contributed by atoms with van der Waals surface area (Å²) in [6.45, 7) is 2.38. The molecule has 0 unspecified atom stereocenters. The smallest absolute Gasteiger partial charge is 0.248 e. The second-order valence-corrected chi connectivity index (χ2v) is 3.80. The van der Waals surface area contributed by atoms with Crippen molar-refractivity contribution in [2.75, 3.05) is 0 Å². The minimum atomic E-state index is -0.434. The second-order valence-electron chi connectivity index (χ2n) is 3.80. The van der Waals surface area contributed by atoms with E-state index in [0.717, 1.165) is 16.9 Å². The van der Waals surface area contributed by atoms with Crippen LogP contribution >= 0.6 is 0 Å². The summed E-state index contributed by atoms with van der Waals surface area (Å²) >= 11 is 0. The molecule has 5 heteroatoms. The summed E-state index contributed by atoms with van der Waals surface area (Å²) in [5.74, 6) is -0.434. The molecule has 4 N–H and O–H groups in total. The van der Waals surface area contributed by atoms with Gasteiger partial charge in [0.25, 0.3) is 0 Å². The molecule has 0 radical (unpaired) electrons. The van der Waals surface area contributed by atoms with Crippen molar-refractivity contribution in [3.05, 3.63) is 47.3 Å². The van der Waals surface area contributed by atoms with Gasteiger partial charge in [-0.1, -0.05) is 0 Å². The van der Waals surface area contributed by atoms with Gasteiger partial charge in [0, 0.05) is 23.9 Å². The first-order valence-electron chi connectivity index (χ1n) is 5.27. The van der Waals surface area contributed by atoms with Crippen molar-refractivity contribution in [3.8, 4) is 5.69 Å². The number of carbonyl (C=O) groups is 1. The van der Waals surface area contributed by atoms with Crippen molar-refractivity contribution < 1.29 is 4.79 Å². The normalized spacial score (nSPS) is 10.5. The number of benzene rings is 1. The van der Waals surface area contributed by atoms with Crippen molar-refractivity contribution in [1.29, 1.82) is 0 Å². The predicted molar refractivity (Wildman–Crippen MR) is 64.7 cm³/mol. The molecular weight excluding hydrogens is 216 g/mol. The van der Waals surface area contributed by atoms with Crippen molar-refractivity contribution >= 4 is 5.91 Å². The van der Waals surface area contributed by atoms with Gasteiger partial charge in [-0.2, -0.15) is 5.10 Å². The highest BCUT2D eigenvalue weighted by molar-refractivity contribution is 5.92. The fourth-order valence-corrected chi connectivity index (χ4v) is 1.61. The van der Waals surface area contributed by atoms with Crippen molar-refractivity contribution in [2.24, 2.45) is 11.5 Å². The first kappa shape index (κ1) is 11.3. The van der Waals surface area contributed by atoms with E-state index in [4.69, 9.17) is 11.5 Å². The molecular formula is C12H14N4O. The van der Waals surface area contributed by atoms with Crippen LogP contribution < -0.4 is 11.5 Å². The van der Waals surface area contributed by atoms with Crippen LogP contribution in [0.2, 0.25) is 0 Å². The first-order chi connectivity index (χ1) is 8.11. The Morgan fingerprint density at radius 2 is 2.00 bits per heavy atom. The molecule has 2 rings (SSSR count).